The largest absolute Gasteiger partial charge is 0.381 e. The van der Waals surface area contributed by atoms with Gasteiger partial charge in [0.05, 0.1) is 16.3 Å². The molecule has 0 saturated carbocycles. The molecule has 18 heavy (non-hydrogen) atoms. The van der Waals surface area contributed by atoms with Crippen LogP contribution in [0.3, 0.4) is 0 Å². The molecule has 1 aromatic carbocycles. The van der Waals surface area contributed by atoms with Crippen LogP contribution in [0.4, 0.5) is 5.69 Å². The first-order chi connectivity index (χ1) is 8.51. The highest BCUT2D eigenvalue weighted by molar-refractivity contribution is 7.91. The van der Waals surface area contributed by atoms with E-state index in [1.807, 2.05) is 32.1 Å². The molecule has 0 spiro atoms. The van der Waals surface area contributed by atoms with Gasteiger partial charge in [0.2, 0.25) is 0 Å². The fraction of sp³-hybridized carbons (Fsp3) is 0.429. The summed E-state index contributed by atoms with van der Waals surface area (Å²) >= 11 is 0. The van der Waals surface area contributed by atoms with Gasteiger partial charge in [0.15, 0.2) is 9.84 Å². The Bertz CT molecular complexity index is 494. The maximum absolute atomic E-state index is 12.1. The molecular weight excluding hydrogens is 246 g/mol. The molecule has 100 valence electrons. The summed E-state index contributed by atoms with van der Waals surface area (Å²) in [5.41, 5.74) is 0.681. The van der Waals surface area contributed by atoms with E-state index < -0.39 is 9.84 Å². The normalized spacial score (nSPS) is 13.0. The van der Waals surface area contributed by atoms with Gasteiger partial charge in [-0.05, 0) is 31.9 Å². The highest BCUT2D eigenvalue weighted by Gasteiger charge is 2.17. The van der Waals surface area contributed by atoms with E-state index in [-0.39, 0.29) is 11.8 Å². The Morgan fingerprint density at radius 2 is 2.06 bits per heavy atom. The van der Waals surface area contributed by atoms with Crippen molar-refractivity contribution >= 4 is 15.5 Å². The third-order valence-electron chi connectivity index (χ3n) is 2.62. The van der Waals surface area contributed by atoms with Gasteiger partial charge in [-0.3, -0.25) is 0 Å². The SMILES string of the molecule is C=CCC(C)Nc1ccccc1S(=O)(=O)CCC. The standard InChI is InChI=1S/C14H21NO2S/c1-4-8-12(3)15-13-9-6-7-10-14(13)18(16,17)11-5-2/h4,6-7,9-10,12,15H,1,5,8,11H2,2-3H3. The first-order valence-electron chi connectivity index (χ1n) is 6.20. The third kappa shape index (κ3) is 3.88. The molecule has 0 aromatic heterocycles. The van der Waals surface area contributed by atoms with E-state index in [1.54, 1.807) is 12.1 Å². The molecule has 0 heterocycles. The lowest BCUT2D eigenvalue weighted by Crippen LogP contribution is -2.17. The topological polar surface area (TPSA) is 46.2 Å². The van der Waals surface area contributed by atoms with Gasteiger partial charge in [0, 0.05) is 6.04 Å². The van der Waals surface area contributed by atoms with Gasteiger partial charge in [-0.25, -0.2) is 8.42 Å². The van der Waals surface area contributed by atoms with Crippen LogP contribution in [0.5, 0.6) is 0 Å². The van der Waals surface area contributed by atoms with Crippen molar-refractivity contribution in [2.24, 2.45) is 0 Å². The van der Waals surface area contributed by atoms with Crippen LogP contribution >= 0.6 is 0 Å². The summed E-state index contributed by atoms with van der Waals surface area (Å²) in [4.78, 5) is 0.391. The lowest BCUT2D eigenvalue weighted by atomic mass is 10.2. The second kappa shape index (κ2) is 6.59. The average molecular weight is 267 g/mol. The Morgan fingerprint density at radius 1 is 1.39 bits per heavy atom. The second-order valence-corrected chi connectivity index (χ2v) is 6.46. The summed E-state index contributed by atoms with van der Waals surface area (Å²) in [6, 6.07) is 7.23. The monoisotopic (exact) mass is 267 g/mol. The van der Waals surface area contributed by atoms with Crippen LogP contribution in [0, 0.1) is 0 Å². The van der Waals surface area contributed by atoms with Crippen molar-refractivity contribution in [3.63, 3.8) is 0 Å². The Hall–Kier alpha value is -1.29. The number of rotatable bonds is 7. The first-order valence-corrected chi connectivity index (χ1v) is 7.85. The summed E-state index contributed by atoms with van der Waals surface area (Å²) < 4.78 is 24.3. The first kappa shape index (κ1) is 14.8. The van der Waals surface area contributed by atoms with E-state index in [0.29, 0.717) is 17.0 Å². The minimum atomic E-state index is -3.19. The Morgan fingerprint density at radius 3 is 2.67 bits per heavy atom. The fourth-order valence-electron chi connectivity index (χ4n) is 1.81. The molecular formula is C14H21NO2S. The molecule has 0 aliphatic rings. The van der Waals surface area contributed by atoms with Gasteiger partial charge < -0.3 is 5.32 Å². The Labute approximate surface area is 110 Å². The second-order valence-electron chi connectivity index (χ2n) is 4.38. The minimum Gasteiger partial charge on any atom is -0.381 e. The zero-order chi connectivity index (χ0) is 13.6. The van der Waals surface area contributed by atoms with E-state index in [1.165, 1.54) is 0 Å². The molecule has 0 aliphatic heterocycles. The van der Waals surface area contributed by atoms with Gasteiger partial charge in [-0.2, -0.15) is 0 Å². The molecule has 1 aromatic rings. The number of hydrogen-bond donors (Lipinski definition) is 1. The van der Waals surface area contributed by atoms with Gasteiger partial charge in [-0.15, -0.1) is 6.58 Å². The van der Waals surface area contributed by atoms with Crippen LogP contribution in [0.25, 0.3) is 0 Å². The molecule has 1 rings (SSSR count). The zero-order valence-corrected chi connectivity index (χ0v) is 11.8. The zero-order valence-electron chi connectivity index (χ0n) is 11.0. The number of anilines is 1. The predicted molar refractivity (Wildman–Crippen MR) is 76.7 cm³/mol. The van der Waals surface area contributed by atoms with Crippen molar-refractivity contribution in [3.8, 4) is 0 Å². The van der Waals surface area contributed by atoms with E-state index in [4.69, 9.17) is 0 Å². The molecule has 0 radical (unpaired) electrons. The maximum atomic E-state index is 12.1. The fourth-order valence-corrected chi connectivity index (χ4v) is 3.32. The van der Waals surface area contributed by atoms with Gasteiger partial charge in [0.25, 0.3) is 0 Å². The molecule has 0 bridgehead atoms. The highest BCUT2D eigenvalue weighted by Crippen LogP contribution is 2.23. The van der Waals surface area contributed by atoms with Crippen LogP contribution in [0.2, 0.25) is 0 Å². The van der Waals surface area contributed by atoms with Crippen molar-refractivity contribution in [1.82, 2.24) is 0 Å². The van der Waals surface area contributed by atoms with Crippen LogP contribution in [-0.4, -0.2) is 20.2 Å². The van der Waals surface area contributed by atoms with Crippen molar-refractivity contribution in [2.45, 2.75) is 37.6 Å². The molecule has 0 fully saturated rings. The summed E-state index contributed by atoms with van der Waals surface area (Å²) in [6.07, 6.45) is 3.24. The molecule has 1 atom stereocenters. The van der Waals surface area contributed by atoms with Gasteiger partial charge >= 0.3 is 0 Å². The van der Waals surface area contributed by atoms with Crippen molar-refractivity contribution in [1.29, 1.82) is 0 Å². The number of para-hydroxylation sites is 1. The predicted octanol–water partition coefficient (Wildman–Crippen LogP) is 3.25. The summed E-state index contributed by atoms with van der Waals surface area (Å²) in [5, 5.41) is 3.23. The molecule has 1 unspecified atom stereocenters. The third-order valence-corrected chi connectivity index (χ3v) is 4.59. The highest BCUT2D eigenvalue weighted by atomic mass is 32.2. The molecule has 0 saturated heterocycles. The quantitative estimate of drug-likeness (QED) is 0.771. The Balaban J connectivity index is 3.03. The van der Waals surface area contributed by atoms with E-state index in [9.17, 15) is 8.42 Å². The summed E-state index contributed by atoms with van der Waals surface area (Å²) in [6.45, 7) is 7.56. The molecule has 3 nitrogen and oxygen atoms in total. The van der Waals surface area contributed by atoms with Crippen molar-refractivity contribution < 1.29 is 8.42 Å². The van der Waals surface area contributed by atoms with E-state index >= 15 is 0 Å². The average Bonchev–Trinajstić information content (AvgIpc) is 2.29. The smallest absolute Gasteiger partial charge is 0.180 e. The van der Waals surface area contributed by atoms with Crippen LogP contribution in [-0.2, 0) is 9.84 Å². The van der Waals surface area contributed by atoms with Gasteiger partial charge in [0.1, 0.15) is 0 Å². The van der Waals surface area contributed by atoms with Crippen molar-refractivity contribution in [3.05, 3.63) is 36.9 Å². The summed E-state index contributed by atoms with van der Waals surface area (Å²) in [7, 11) is -3.19. The van der Waals surface area contributed by atoms with E-state index in [2.05, 4.69) is 11.9 Å². The number of nitrogens with one attached hydrogen (secondary N) is 1. The molecule has 4 heteroatoms. The van der Waals surface area contributed by atoms with Crippen LogP contribution in [0.1, 0.15) is 26.7 Å². The number of sulfone groups is 1. The van der Waals surface area contributed by atoms with Crippen LogP contribution in [0.15, 0.2) is 41.8 Å². The maximum Gasteiger partial charge on any atom is 0.180 e. The van der Waals surface area contributed by atoms with Crippen LogP contribution < -0.4 is 5.32 Å². The molecule has 0 aliphatic carbocycles. The number of hydrogen-bond acceptors (Lipinski definition) is 3. The van der Waals surface area contributed by atoms with Gasteiger partial charge in [-0.1, -0.05) is 25.1 Å². The van der Waals surface area contributed by atoms with Crippen molar-refractivity contribution in [2.75, 3.05) is 11.1 Å². The van der Waals surface area contributed by atoms with E-state index in [0.717, 1.165) is 6.42 Å². The Kier molecular flexibility index (Phi) is 5.41. The molecule has 0 amide bonds. The lowest BCUT2D eigenvalue weighted by Gasteiger charge is -2.16. The number of benzene rings is 1. The lowest BCUT2D eigenvalue weighted by molar-refractivity contribution is 0.595. The minimum absolute atomic E-state index is 0.167. The summed E-state index contributed by atoms with van der Waals surface area (Å²) in [5.74, 6) is 0.182. The molecule has 1 N–H and O–H groups in total.